The molecule has 0 atom stereocenters. The van der Waals surface area contributed by atoms with Gasteiger partial charge < -0.3 is 50.8 Å². The first-order valence-electron chi connectivity index (χ1n) is 8.41. The number of hydrogen-bond acceptors (Lipinski definition) is 10. The van der Waals surface area contributed by atoms with Crippen molar-refractivity contribution in [1.82, 2.24) is 0 Å². The lowest BCUT2D eigenvalue weighted by Crippen LogP contribution is -2.59. The summed E-state index contributed by atoms with van der Waals surface area (Å²) in [5.41, 5.74) is 9.93. The van der Waals surface area contributed by atoms with Crippen molar-refractivity contribution in [2.75, 3.05) is 39.6 Å². The van der Waals surface area contributed by atoms with Gasteiger partial charge in [-0.1, -0.05) is 0 Å². The molecule has 166 valence electrons. The predicted molar refractivity (Wildman–Crippen MR) is 95.2 cm³/mol. The zero-order valence-electron chi connectivity index (χ0n) is 16.6. The summed E-state index contributed by atoms with van der Waals surface area (Å²) in [5.74, 6) is -4.76. The summed E-state index contributed by atoms with van der Waals surface area (Å²) in [6, 6.07) is 0. The van der Waals surface area contributed by atoms with Gasteiger partial charge in [0.1, 0.15) is 0 Å². The molecule has 12 nitrogen and oxygen atoms in total. The number of carboxylic acid groups (broad SMARTS) is 2. The molecule has 0 bridgehead atoms. The second kappa shape index (κ2) is 10.4. The van der Waals surface area contributed by atoms with Crippen molar-refractivity contribution in [3.8, 4) is 0 Å². The predicted octanol–water partition coefficient (Wildman–Crippen LogP) is -1.93. The molecule has 28 heavy (non-hydrogen) atoms. The molecule has 0 radical (unpaired) electrons. The summed E-state index contributed by atoms with van der Waals surface area (Å²) in [6.45, 7) is 8.45. The highest BCUT2D eigenvalue weighted by atomic mass is 16.7. The van der Waals surface area contributed by atoms with Crippen LogP contribution in [0.3, 0.4) is 0 Å². The van der Waals surface area contributed by atoms with Crippen LogP contribution in [0.5, 0.6) is 0 Å². The van der Waals surface area contributed by atoms with Gasteiger partial charge in [-0.2, -0.15) is 0 Å². The van der Waals surface area contributed by atoms with Gasteiger partial charge in [0.25, 0.3) is 0 Å². The SMILES string of the molecule is CC1(C)OCC(N)(CO)CO1.CC1(C)OCC(N)(CO)CO1.O=C(O)C(=O)O. The van der Waals surface area contributed by atoms with E-state index < -0.39 is 34.6 Å². The highest BCUT2D eigenvalue weighted by Gasteiger charge is 2.37. The van der Waals surface area contributed by atoms with Gasteiger partial charge in [0, 0.05) is 0 Å². The molecule has 0 saturated carbocycles. The molecule has 8 N–H and O–H groups in total. The number of carbonyl (C=O) groups is 2. The molecule has 0 aromatic carbocycles. The van der Waals surface area contributed by atoms with E-state index in [1.165, 1.54) is 0 Å². The summed E-state index contributed by atoms with van der Waals surface area (Å²) in [6.07, 6.45) is 0. The third-order valence-electron chi connectivity index (χ3n) is 3.64. The fraction of sp³-hybridized carbons (Fsp3) is 0.875. The van der Waals surface area contributed by atoms with Crippen molar-refractivity contribution in [2.24, 2.45) is 11.5 Å². The van der Waals surface area contributed by atoms with Gasteiger partial charge in [-0.3, -0.25) is 0 Å². The number of hydrogen-bond donors (Lipinski definition) is 6. The molecule has 0 aromatic heterocycles. The van der Waals surface area contributed by atoms with Crippen LogP contribution in [0, 0.1) is 0 Å². The summed E-state index contributed by atoms with van der Waals surface area (Å²) in [7, 11) is 0. The van der Waals surface area contributed by atoms with Crippen molar-refractivity contribution in [2.45, 2.75) is 50.3 Å². The van der Waals surface area contributed by atoms with Crippen LogP contribution in [-0.4, -0.2) is 94.7 Å². The molecule has 2 saturated heterocycles. The van der Waals surface area contributed by atoms with Crippen molar-refractivity contribution < 1.29 is 49.0 Å². The zero-order valence-corrected chi connectivity index (χ0v) is 16.6. The summed E-state index contributed by atoms with van der Waals surface area (Å²) in [4.78, 5) is 18.2. The molecule has 0 aliphatic carbocycles. The molecule has 2 aliphatic rings. The minimum Gasteiger partial charge on any atom is -0.473 e. The fourth-order valence-electron chi connectivity index (χ4n) is 1.62. The first kappa shape index (κ1) is 26.6. The summed E-state index contributed by atoms with van der Waals surface area (Å²) < 4.78 is 21.1. The van der Waals surface area contributed by atoms with E-state index in [1.807, 2.05) is 27.7 Å². The number of ether oxygens (including phenoxy) is 4. The maximum atomic E-state index is 9.10. The largest absolute Gasteiger partial charge is 0.473 e. The van der Waals surface area contributed by atoms with E-state index in [9.17, 15) is 0 Å². The fourth-order valence-corrected chi connectivity index (χ4v) is 1.62. The molecule has 12 heteroatoms. The second-order valence-corrected chi connectivity index (χ2v) is 7.61. The maximum Gasteiger partial charge on any atom is 0.414 e. The Bertz CT molecular complexity index is 458. The maximum absolute atomic E-state index is 9.10. The average molecular weight is 412 g/mol. The van der Waals surface area contributed by atoms with Gasteiger partial charge in [-0.05, 0) is 27.7 Å². The number of aliphatic carboxylic acids is 2. The van der Waals surface area contributed by atoms with Crippen molar-refractivity contribution in [1.29, 1.82) is 0 Å². The number of aliphatic hydroxyl groups is 2. The molecular formula is C16H32N2O10. The Kier molecular flexibility index (Phi) is 9.90. The Labute approximate surface area is 163 Å². The van der Waals surface area contributed by atoms with Gasteiger partial charge in [-0.15, -0.1) is 0 Å². The highest BCUT2D eigenvalue weighted by molar-refractivity contribution is 6.27. The van der Waals surface area contributed by atoms with Gasteiger partial charge >= 0.3 is 11.9 Å². The van der Waals surface area contributed by atoms with Gasteiger partial charge in [-0.25, -0.2) is 9.59 Å². The Hall–Kier alpha value is -1.38. The van der Waals surface area contributed by atoms with Gasteiger partial charge in [0.2, 0.25) is 0 Å². The Balaban J connectivity index is 0.000000411. The normalized spacial score (nSPS) is 23.9. The monoisotopic (exact) mass is 412 g/mol. The Morgan fingerprint density at radius 2 is 0.929 bits per heavy atom. The lowest BCUT2D eigenvalue weighted by molar-refractivity contribution is -0.270. The van der Waals surface area contributed by atoms with E-state index in [2.05, 4.69) is 0 Å². The van der Waals surface area contributed by atoms with Gasteiger partial charge in [0.15, 0.2) is 11.6 Å². The molecule has 2 fully saturated rings. The molecule has 0 unspecified atom stereocenters. The van der Waals surface area contributed by atoms with Crippen LogP contribution >= 0.6 is 0 Å². The first-order chi connectivity index (χ1) is 12.6. The summed E-state index contributed by atoms with van der Waals surface area (Å²) >= 11 is 0. The Morgan fingerprint density at radius 3 is 1.07 bits per heavy atom. The van der Waals surface area contributed by atoms with Crippen LogP contribution < -0.4 is 11.5 Å². The molecule has 0 amide bonds. The second-order valence-electron chi connectivity index (χ2n) is 7.61. The third-order valence-corrected chi connectivity index (χ3v) is 3.64. The van der Waals surface area contributed by atoms with Crippen LogP contribution in [-0.2, 0) is 28.5 Å². The average Bonchev–Trinajstić information content (AvgIpc) is 2.62. The smallest absolute Gasteiger partial charge is 0.414 e. The van der Waals surface area contributed by atoms with Crippen molar-refractivity contribution >= 4 is 11.9 Å². The third kappa shape index (κ3) is 10.2. The van der Waals surface area contributed by atoms with E-state index in [4.69, 9.17) is 60.4 Å². The lowest BCUT2D eigenvalue weighted by Gasteiger charge is -2.40. The van der Waals surface area contributed by atoms with Crippen LogP contribution in [0.25, 0.3) is 0 Å². The lowest BCUT2D eigenvalue weighted by atomic mass is 10.0. The van der Waals surface area contributed by atoms with Crippen LogP contribution in [0.1, 0.15) is 27.7 Å². The summed E-state index contributed by atoms with van der Waals surface area (Å²) in [5, 5.41) is 32.5. The topological polar surface area (TPSA) is 204 Å². The number of rotatable bonds is 2. The number of nitrogens with two attached hydrogens (primary N) is 2. The molecule has 2 rings (SSSR count). The molecule has 2 aliphatic heterocycles. The van der Waals surface area contributed by atoms with E-state index in [0.29, 0.717) is 26.4 Å². The van der Waals surface area contributed by atoms with Crippen molar-refractivity contribution in [3.63, 3.8) is 0 Å². The number of carboxylic acids is 2. The van der Waals surface area contributed by atoms with E-state index in [0.717, 1.165) is 0 Å². The Morgan fingerprint density at radius 1 is 0.714 bits per heavy atom. The number of aliphatic hydroxyl groups excluding tert-OH is 2. The molecule has 0 spiro atoms. The van der Waals surface area contributed by atoms with Crippen LogP contribution in [0.4, 0.5) is 0 Å². The van der Waals surface area contributed by atoms with Crippen LogP contribution in [0.2, 0.25) is 0 Å². The van der Waals surface area contributed by atoms with E-state index >= 15 is 0 Å². The minimum atomic E-state index is -1.82. The van der Waals surface area contributed by atoms with Crippen molar-refractivity contribution in [3.05, 3.63) is 0 Å². The molecule has 2 heterocycles. The highest BCUT2D eigenvalue weighted by Crippen LogP contribution is 2.22. The molecule has 0 aromatic rings. The van der Waals surface area contributed by atoms with E-state index in [1.54, 1.807) is 0 Å². The van der Waals surface area contributed by atoms with E-state index in [-0.39, 0.29) is 13.2 Å². The standard InChI is InChI=1S/2C7H15NO3.C2H2O4/c2*1-6(2)10-4-7(8,3-9)5-11-6;3-1(4)2(5)6/h2*9H,3-5,8H2,1-2H3;(H,3,4)(H,5,6). The van der Waals surface area contributed by atoms with Gasteiger partial charge in [0.05, 0.1) is 50.7 Å². The zero-order chi connectivity index (χ0) is 22.2. The first-order valence-corrected chi connectivity index (χ1v) is 8.41. The van der Waals surface area contributed by atoms with Crippen LogP contribution in [0.15, 0.2) is 0 Å². The quantitative estimate of drug-likeness (QED) is 0.274. The molecular weight excluding hydrogens is 380 g/mol. The minimum absolute atomic E-state index is 0.108.